The quantitative estimate of drug-likeness (QED) is 0.759. The van der Waals surface area contributed by atoms with Gasteiger partial charge >= 0.3 is 0 Å². The maximum absolute atomic E-state index is 4.28. The monoisotopic (exact) mass is 236 g/mol. The highest BCUT2D eigenvalue weighted by Crippen LogP contribution is 2.18. The number of pyridine rings is 1. The van der Waals surface area contributed by atoms with E-state index in [2.05, 4.69) is 20.3 Å². The molecule has 0 atom stereocenters. The first-order chi connectivity index (χ1) is 8.93. The van der Waals surface area contributed by atoms with E-state index in [9.17, 15) is 0 Å². The Bertz CT molecular complexity index is 647. The average Bonchev–Trinajstić information content (AvgIpc) is 2.46. The second-order valence-electron chi connectivity index (χ2n) is 3.95. The van der Waals surface area contributed by atoms with Crippen LogP contribution >= 0.6 is 0 Å². The zero-order valence-corrected chi connectivity index (χ0v) is 9.74. The Balaban J connectivity index is 1.87. The van der Waals surface area contributed by atoms with E-state index in [0.717, 1.165) is 23.3 Å². The van der Waals surface area contributed by atoms with E-state index in [1.54, 1.807) is 18.7 Å². The van der Waals surface area contributed by atoms with Crippen LogP contribution in [-0.2, 0) is 6.54 Å². The van der Waals surface area contributed by atoms with Crippen LogP contribution in [0.5, 0.6) is 0 Å². The van der Waals surface area contributed by atoms with Crippen LogP contribution in [0.25, 0.3) is 10.9 Å². The molecule has 18 heavy (non-hydrogen) atoms. The lowest BCUT2D eigenvalue weighted by Crippen LogP contribution is -2.02. The number of anilines is 1. The standard InChI is InChI=1S/C14H12N4/c1-2-4-13-12(3-1)14(18-10-17-13)16-9-11-5-7-15-8-6-11/h1-8,10H,9H2,(H,16,17,18). The number of aromatic nitrogens is 3. The summed E-state index contributed by atoms with van der Waals surface area (Å²) in [6, 6.07) is 11.9. The summed E-state index contributed by atoms with van der Waals surface area (Å²) >= 11 is 0. The molecule has 0 aliphatic rings. The van der Waals surface area contributed by atoms with Crippen LogP contribution < -0.4 is 5.32 Å². The third kappa shape index (κ3) is 2.13. The molecule has 0 fully saturated rings. The molecule has 0 unspecified atom stereocenters. The summed E-state index contributed by atoms with van der Waals surface area (Å²) in [4.78, 5) is 12.5. The van der Waals surface area contributed by atoms with Crippen molar-refractivity contribution in [2.24, 2.45) is 0 Å². The van der Waals surface area contributed by atoms with Crippen molar-refractivity contribution in [2.75, 3.05) is 5.32 Å². The largest absolute Gasteiger partial charge is 0.365 e. The molecule has 2 aromatic heterocycles. The number of rotatable bonds is 3. The highest BCUT2D eigenvalue weighted by Gasteiger charge is 2.01. The van der Waals surface area contributed by atoms with Crippen molar-refractivity contribution in [1.29, 1.82) is 0 Å². The molecule has 0 aliphatic heterocycles. The summed E-state index contributed by atoms with van der Waals surface area (Å²) < 4.78 is 0. The maximum Gasteiger partial charge on any atom is 0.137 e. The van der Waals surface area contributed by atoms with Crippen LogP contribution in [0.1, 0.15) is 5.56 Å². The van der Waals surface area contributed by atoms with Gasteiger partial charge in [0.1, 0.15) is 12.1 Å². The summed E-state index contributed by atoms with van der Waals surface area (Å²) in [6.45, 7) is 0.726. The van der Waals surface area contributed by atoms with Gasteiger partial charge in [-0.15, -0.1) is 0 Å². The van der Waals surface area contributed by atoms with E-state index in [-0.39, 0.29) is 0 Å². The molecule has 3 aromatic rings. The SMILES string of the molecule is c1ccc2c(NCc3ccncc3)ncnc2c1. The topological polar surface area (TPSA) is 50.7 Å². The van der Waals surface area contributed by atoms with Gasteiger partial charge in [0.25, 0.3) is 0 Å². The van der Waals surface area contributed by atoms with E-state index >= 15 is 0 Å². The molecule has 4 nitrogen and oxygen atoms in total. The third-order valence-electron chi connectivity index (χ3n) is 2.75. The number of hydrogen-bond donors (Lipinski definition) is 1. The van der Waals surface area contributed by atoms with Gasteiger partial charge in [0, 0.05) is 24.3 Å². The number of nitrogens with one attached hydrogen (secondary N) is 1. The number of fused-ring (bicyclic) bond motifs is 1. The molecule has 0 amide bonds. The molecule has 3 rings (SSSR count). The number of nitrogens with zero attached hydrogens (tertiary/aromatic N) is 3. The zero-order chi connectivity index (χ0) is 12.2. The van der Waals surface area contributed by atoms with Gasteiger partial charge < -0.3 is 5.32 Å². The van der Waals surface area contributed by atoms with E-state index < -0.39 is 0 Å². The molecule has 2 heterocycles. The van der Waals surface area contributed by atoms with E-state index in [1.807, 2.05) is 36.4 Å². The van der Waals surface area contributed by atoms with E-state index in [1.165, 1.54) is 5.56 Å². The van der Waals surface area contributed by atoms with Crippen molar-refractivity contribution in [2.45, 2.75) is 6.54 Å². The van der Waals surface area contributed by atoms with Crippen molar-refractivity contribution in [3.05, 3.63) is 60.7 Å². The van der Waals surface area contributed by atoms with Crippen LogP contribution in [0.15, 0.2) is 55.1 Å². The Hall–Kier alpha value is -2.49. The van der Waals surface area contributed by atoms with Crippen LogP contribution in [0.4, 0.5) is 5.82 Å². The Labute approximate surface area is 105 Å². The predicted octanol–water partition coefficient (Wildman–Crippen LogP) is 2.64. The molecule has 0 aliphatic carbocycles. The fourth-order valence-electron chi connectivity index (χ4n) is 1.83. The van der Waals surface area contributed by atoms with Gasteiger partial charge in [0.15, 0.2) is 0 Å². The molecule has 0 saturated heterocycles. The molecule has 0 radical (unpaired) electrons. The molecule has 0 spiro atoms. The van der Waals surface area contributed by atoms with Gasteiger partial charge in [-0.2, -0.15) is 0 Å². The summed E-state index contributed by atoms with van der Waals surface area (Å²) in [5.41, 5.74) is 2.12. The maximum atomic E-state index is 4.28. The third-order valence-corrected chi connectivity index (χ3v) is 2.75. The highest BCUT2D eigenvalue weighted by atomic mass is 15.0. The van der Waals surface area contributed by atoms with Crippen LogP contribution in [-0.4, -0.2) is 15.0 Å². The summed E-state index contributed by atoms with van der Waals surface area (Å²) in [5, 5.41) is 4.36. The molecule has 88 valence electrons. The highest BCUT2D eigenvalue weighted by molar-refractivity contribution is 5.88. The lowest BCUT2D eigenvalue weighted by molar-refractivity contribution is 1.09. The Morgan fingerprint density at radius 2 is 1.78 bits per heavy atom. The van der Waals surface area contributed by atoms with E-state index in [0.29, 0.717) is 0 Å². The second-order valence-corrected chi connectivity index (χ2v) is 3.95. The van der Waals surface area contributed by atoms with Gasteiger partial charge in [-0.05, 0) is 29.8 Å². The first-order valence-corrected chi connectivity index (χ1v) is 5.76. The number of para-hydroxylation sites is 1. The minimum atomic E-state index is 0.726. The molecular weight excluding hydrogens is 224 g/mol. The average molecular weight is 236 g/mol. The van der Waals surface area contributed by atoms with Crippen molar-refractivity contribution in [3.8, 4) is 0 Å². The predicted molar refractivity (Wildman–Crippen MR) is 71.1 cm³/mol. The molecule has 1 N–H and O–H groups in total. The summed E-state index contributed by atoms with van der Waals surface area (Å²) in [7, 11) is 0. The normalized spacial score (nSPS) is 10.4. The van der Waals surface area contributed by atoms with Crippen LogP contribution in [0.2, 0.25) is 0 Å². The van der Waals surface area contributed by atoms with Gasteiger partial charge in [-0.1, -0.05) is 12.1 Å². The fraction of sp³-hybridized carbons (Fsp3) is 0.0714. The van der Waals surface area contributed by atoms with Gasteiger partial charge in [-0.3, -0.25) is 4.98 Å². The van der Waals surface area contributed by atoms with Crippen molar-refractivity contribution in [1.82, 2.24) is 15.0 Å². The van der Waals surface area contributed by atoms with Crippen molar-refractivity contribution >= 4 is 16.7 Å². The molecule has 0 saturated carbocycles. The first kappa shape index (κ1) is 10.7. The fourth-order valence-corrected chi connectivity index (χ4v) is 1.83. The zero-order valence-electron chi connectivity index (χ0n) is 9.74. The van der Waals surface area contributed by atoms with E-state index in [4.69, 9.17) is 0 Å². The Morgan fingerprint density at radius 3 is 2.67 bits per heavy atom. The Kier molecular flexibility index (Phi) is 2.84. The Morgan fingerprint density at radius 1 is 0.944 bits per heavy atom. The van der Waals surface area contributed by atoms with Gasteiger partial charge in [0.05, 0.1) is 5.52 Å². The van der Waals surface area contributed by atoms with Crippen molar-refractivity contribution in [3.63, 3.8) is 0 Å². The van der Waals surface area contributed by atoms with Crippen LogP contribution in [0, 0.1) is 0 Å². The minimum absolute atomic E-state index is 0.726. The smallest absolute Gasteiger partial charge is 0.137 e. The van der Waals surface area contributed by atoms with Crippen molar-refractivity contribution < 1.29 is 0 Å². The second kappa shape index (κ2) is 4.79. The lowest BCUT2D eigenvalue weighted by Gasteiger charge is -2.07. The molecule has 1 aromatic carbocycles. The first-order valence-electron chi connectivity index (χ1n) is 5.76. The number of benzene rings is 1. The summed E-state index contributed by atoms with van der Waals surface area (Å²) in [6.07, 6.45) is 5.15. The van der Waals surface area contributed by atoms with Gasteiger partial charge in [-0.25, -0.2) is 9.97 Å². The summed E-state index contributed by atoms with van der Waals surface area (Å²) in [5.74, 6) is 0.859. The van der Waals surface area contributed by atoms with Crippen LogP contribution in [0.3, 0.4) is 0 Å². The minimum Gasteiger partial charge on any atom is -0.365 e. The lowest BCUT2D eigenvalue weighted by atomic mass is 10.2. The molecular formula is C14H12N4. The molecule has 0 bridgehead atoms. The molecule has 4 heteroatoms. The van der Waals surface area contributed by atoms with Gasteiger partial charge in [0.2, 0.25) is 0 Å². The number of hydrogen-bond acceptors (Lipinski definition) is 4.